The van der Waals surface area contributed by atoms with E-state index in [1.807, 2.05) is 20.8 Å². The Morgan fingerprint density at radius 1 is 1.62 bits per heavy atom. The lowest BCUT2D eigenvalue weighted by molar-refractivity contribution is -0.110. The lowest BCUT2D eigenvalue weighted by atomic mass is 10.0. The normalized spacial score (nSPS) is 14.0. The van der Waals surface area contributed by atoms with Crippen molar-refractivity contribution in [2.45, 2.75) is 27.2 Å². The van der Waals surface area contributed by atoms with E-state index in [1.165, 1.54) is 5.92 Å². The summed E-state index contributed by atoms with van der Waals surface area (Å²) >= 11 is 0. The van der Waals surface area contributed by atoms with Gasteiger partial charge in [-0.3, -0.25) is 0 Å². The third-order valence-electron chi connectivity index (χ3n) is 0.963. The summed E-state index contributed by atoms with van der Waals surface area (Å²) in [5.41, 5.74) is 0. The Balaban J connectivity index is 3.23. The molecule has 0 saturated heterocycles. The predicted octanol–water partition coefficient (Wildman–Crippen LogP) is 1.83. The van der Waals surface area contributed by atoms with Crippen molar-refractivity contribution in [3.63, 3.8) is 0 Å². The zero-order valence-electron chi connectivity index (χ0n) is 5.77. The lowest BCUT2D eigenvalue weighted by Gasteiger charge is -2.03. The fourth-order valence-corrected chi connectivity index (χ4v) is 0.692. The zero-order valence-corrected chi connectivity index (χ0v) is 5.77. The van der Waals surface area contributed by atoms with Crippen molar-refractivity contribution < 1.29 is 4.79 Å². The summed E-state index contributed by atoms with van der Waals surface area (Å²) in [5, 5.41) is 0. The Morgan fingerprint density at radius 3 is 2.25 bits per heavy atom. The van der Waals surface area contributed by atoms with Gasteiger partial charge in [-0.1, -0.05) is 20.8 Å². The third kappa shape index (κ3) is 3.85. The quantitative estimate of drug-likeness (QED) is 0.510. The van der Waals surface area contributed by atoms with E-state index in [4.69, 9.17) is 0 Å². The third-order valence-corrected chi connectivity index (χ3v) is 0.963. The van der Waals surface area contributed by atoms with Crippen LogP contribution in [0.1, 0.15) is 27.2 Å². The van der Waals surface area contributed by atoms with Crippen LogP contribution < -0.4 is 0 Å². The van der Waals surface area contributed by atoms with Crippen LogP contribution in [-0.2, 0) is 4.79 Å². The molecule has 0 aliphatic carbocycles. The number of carbonyl (C=O) groups is 1. The minimum Gasteiger partial charge on any atom is -0.303 e. The van der Waals surface area contributed by atoms with Crippen LogP contribution in [0.4, 0.5) is 0 Å². The molecular weight excluding hydrogens is 100 g/mol. The highest BCUT2D eigenvalue weighted by molar-refractivity contribution is 5.53. The maximum atomic E-state index is 10.0. The molecule has 0 aliphatic heterocycles. The fraction of sp³-hybridized carbons (Fsp3) is 0.714. The highest BCUT2D eigenvalue weighted by Gasteiger charge is 2.01. The summed E-state index contributed by atoms with van der Waals surface area (Å²) in [7, 11) is 0. The summed E-state index contributed by atoms with van der Waals surface area (Å²) in [4.78, 5) is 10.0. The largest absolute Gasteiger partial charge is 0.303 e. The van der Waals surface area contributed by atoms with Gasteiger partial charge in [-0.15, -0.1) is 0 Å². The van der Waals surface area contributed by atoms with E-state index in [0.29, 0.717) is 0 Å². The van der Waals surface area contributed by atoms with E-state index in [9.17, 15) is 4.79 Å². The molecule has 8 heavy (non-hydrogen) atoms. The molecule has 1 nitrogen and oxygen atoms in total. The minimum atomic E-state index is 0.208. The summed E-state index contributed by atoms with van der Waals surface area (Å²) in [6.07, 6.45) is 1.93. The first-order valence-electron chi connectivity index (χ1n) is 2.91. The second-order valence-electron chi connectivity index (χ2n) is 2.52. The van der Waals surface area contributed by atoms with Crippen molar-refractivity contribution in [2.75, 3.05) is 0 Å². The smallest absolute Gasteiger partial charge is 0.122 e. The molecular formula is C7H13O. The van der Waals surface area contributed by atoms with E-state index >= 15 is 0 Å². The van der Waals surface area contributed by atoms with Gasteiger partial charge in [0.1, 0.15) is 6.29 Å². The number of carbonyl (C=O) groups excluding carboxylic acids is 1. The van der Waals surface area contributed by atoms with Gasteiger partial charge in [0, 0.05) is 5.92 Å². The van der Waals surface area contributed by atoms with Gasteiger partial charge < -0.3 is 4.79 Å². The molecule has 0 heterocycles. The minimum absolute atomic E-state index is 0.208. The van der Waals surface area contributed by atoms with Gasteiger partial charge in [0.05, 0.1) is 0 Å². The molecule has 0 saturated carbocycles. The SMILES string of the molecule is C[C](C)C[C@@H](C)C=O. The van der Waals surface area contributed by atoms with Gasteiger partial charge in [0.25, 0.3) is 0 Å². The molecule has 1 heteroatoms. The van der Waals surface area contributed by atoms with Gasteiger partial charge >= 0.3 is 0 Å². The Hall–Kier alpha value is -0.330. The molecule has 0 bridgehead atoms. The highest BCUT2D eigenvalue weighted by Crippen LogP contribution is 2.09. The van der Waals surface area contributed by atoms with Crippen LogP contribution in [0.2, 0.25) is 0 Å². The molecule has 0 aliphatic rings. The first kappa shape index (κ1) is 7.67. The standard InChI is InChI=1S/C7H13O/c1-6(2)4-7(3)5-8/h5,7H,4H2,1-3H3/t7-/m1/s1. The van der Waals surface area contributed by atoms with Crippen LogP contribution in [0.3, 0.4) is 0 Å². The Morgan fingerprint density at radius 2 is 2.12 bits per heavy atom. The molecule has 0 aromatic heterocycles. The van der Waals surface area contributed by atoms with Crippen LogP contribution >= 0.6 is 0 Å². The molecule has 47 valence electrons. The molecule has 1 radical (unpaired) electrons. The molecule has 0 N–H and O–H groups in total. The molecule has 0 amide bonds. The second-order valence-corrected chi connectivity index (χ2v) is 2.52. The van der Waals surface area contributed by atoms with E-state index in [0.717, 1.165) is 12.7 Å². The van der Waals surface area contributed by atoms with Gasteiger partial charge in [0.2, 0.25) is 0 Å². The van der Waals surface area contributed by atoms with Gasteiger partial charge in [0.15, 0.2) is 0 Å². The van der Waals surface area contributed by atoms with Crippen molar-refractivity contribution in [3.05, 3.63) is 5.92 Å². The van der Waals surface area contributed by atoms with Gasteiger partial charge in [-0.25, -0.2) is 0 Å². The summed E-state index contributed by atoms with van der Waals surface area (Å²) in [6.45, 7) is 6.01. The van der Waals surface area contributed by atoms with Crippen LogP contribution in [0, 0.1) is 11.8 Å². The Kier molecular flexibility index (Phi) is 3.49. The van der Waals surface area contributed by atoms with E-state index in [1.54, 1.807) is 0 Å². The molecule has 0 aromatic carbocycles. The molecule has 0 unspecified atom stereocenters. The zero-order chi connectivity index (χ0) is 6.57. The van der Waals surface area contributed by atoms with E-state index in [2.05, 4.69) is 0 Å². The predicted molar refractivity (Wildman–Crippen MR) is 34.4 cm³/mol. The average Bonchev–Trinajstić information content (AvgIpc) is 1.65. The molecule has 0 fully saturated rings. The monoisotopic (exact) mass is 113 g/mol. The summed E-state index contributed by atoms with van der Waals surface area (Å²) < 4.78 is 0. The molecule has 1 atom stereocenters. The van der Waals surface area contributed by atoms with Crippen molar-refractivity contribution in [2.24, 2.45) is 5.92 Å². The van der Waals surface area contributed by atoms with Crippen molar-refractivity contribution >= 4 is 6.29 Å². The summed E-state index contributed by atoms with van der Waals surface area (Å²) in [6, 6.07) is 0. The average molecular weight is 113 g/mol. The van der Waals surface area contributed by atoms with Crippen LogP contribution in [-0.4, -0.2) is 6.29 Å². The number of aldehydes is 1. The first-order chi connectivity index (χ1) is 3.66. The van der Waals surface area contributed by atoms with Crippen LogP contribution in [0.15, 0.2) is 0 Å². The lowest BCUT2D eigenvalue weighted by Crippen LogP contribution is -1.98. The molecule has 0 aromatic rings. The van der Waals surface area contributed by atoms with E-state index < -0.39 is 0 Å². The van der Waals surface area contributed by atoms with Crippen molar-refractivity contribution in [1.29, 1.82) is 0 Å². The number of hydrogen-bond acceptors (Lipinski definition) is 1. The van der Waals surface area contributed by atoms with E-state index in [-0.39, 0.29) is 5.92 Å². The molecule has 0 spiro atoms. The Bertz CT molecular complexity index is 66.8. The second kappa shape index (κ2) is 3.65. The highest BCUT2D eigenvalue weighted by atomic mass is 16.1. The number of rotatable bonds is 3. The summed E-state index contributed by atoms with van der Waals surface area (Å²) in [5.74, 6) is 1.53. The number of hydrogen-bond donors (Lipinski definition) is 0. The van der Waals surface area contributed by atoms with Crippen molar-refractivity contribution in [3.8, 4) is 0 Å². The first-order valence-corrected chi connectivity index (χ1v) is 2.91. The van der Waals surface area contributed by atoms with Crippen molar-refractivity contribution in [1.82, 2.24) is 0 Å². The maximum Gasteiger partial charge on any atom is 0.122 e. The maximum absolute atomic E-state index is 10.0. The molecule has 0 rings (SSSR count). The van der Waals surface area contributed by atoms with Gasteiger partial charge in [-0.05, 0) is 12.3 Å². The fourth-order valence-electron chi connectivity index (χ4n) is 0.692. The van der Waals surface area contributed by atoms with Gasteiger partial charge in [-0.2, -0.15) is 0 Å². The van der Waals surface area contributed by atoms with Crippen LogP contribution in [0.25, 0.3) is 0 Å². The topological polar surface area (TPSA) is 17.1 Å². The Labute approximate surface area is 51.1 Å². The van der Waals surface area contributed by atoms with Crippen LogP contribution in [0.5, 0.6) is 0 Å².